The molecule has 0 bridgehead atoms. The molecule has 0 aliphatic rings. The van der Waals surface area contributed by atoms with Crippen molar-refractivity contribution in [1.29, 1.82) is 0 Å². The van der Waals surface area contributed by atoms with Crippen molar-refractivity contribution in [3.63, 3.8) is 0 Å². The maximum absolute atomic E-state index is 14.5. The van der Waals surface area contributed by atoms with Crippen LogP contribution in [0.3, 0.4) is 0 Å². The van der Waals surface area contributed by atoms with Crippen LogP contribution >= 0.6 is 0 Å². The van der Waals surface area contributed by atoms with Gasteiger partial charge in [-0.3, -0.25) is 0 Å². The van der Waals surface area contributed by atoms with E-state index in [2.05, 4.69) is 0 Å². The second kappa shape index (κ2) is 6.24. The fourth-order valence-electron chi connectivity index (χ4n) is 2.54. The zero-order valence-electron chi connectivity index (χ0n) is 12.9. The van der Waals surface area contributed by atoms with Crippen molar-refractivity contribution in [2.45, 2.75) is 6.92 Å². The van der Waals surface area contributed by atoms with Gasteiger partial charge in [0.05, 0.1) is 13.7 Å². The van der Waals surface area contributed by atoms with E-state index in [4.69, 9.17) is 9.47 Å². The molecule has 0 atom stereocenters. The van der Waals surface area contributed by atoms with Crippen LogP contribution in [-0.4, -0.2) is 13.7 Å². The summed E-state index contributed by atoms with van der Waals surface area (Å²) in [5.41, 5.74) is 0.825. The zero-order valence-corrected chi connectivity index (χ0v) is 12.9. The first-order valence-corrected chi connectivity index (χ1v) is 7.33. The number of halogens is 2. The van der Waals surface area contributed by atoms with E-state index in [-0.39, 0.29) is 10.9 Å². The second-order valence-electron chi connectivity index (χ2n) is 5.10. The van der Waals surface area contributed by atoms with Gasteiger partial charge in [-0.2, -0.15) is 0 Å². The summed E-state index contributed by atoms with van der Waals surface area (Å²) in [6.07, 6.45) is 0. The quantitative estimate of drug-likeness (QED) is 0.659. The van der Waals surface area contributed by atoms with Gasteiger partial charge in [-0.1, -0.05) is 18.2 Å². The molecule has 0 saturated heterocycles. The number of benzene rings is 3. The van der Waals surface area contributed by atoms with Crippen molar-refractivity contribution in [1.82, 2.24) is 0 Å². The number of rotatable bonds is 4. The fourth-order valence-corrected chi connectivity index (χ4v) is 2.54. The molecule has 0 unspecified atom stereocenters. The van der Waals surface area contributed by atoms with Gasteiger partial charge in [0.15, 0.2) is 11.6 Å². The van der Waals surface area contributed by atoms with Crippen LogP contribution in [0.15, 0.2) is 48.5 Å². The molecule has 0 saturated carbocycles. The molecule has 0 fully saturated rings. The Hall–Kier alpha value is -2.62. The smallest absolute Gasteiger partial charge is 0.167 e. The lowest BCUT2D eigenvalue weighted by Crippen LogP contribution is -1.94. The van der Waals surface area contributed by atoms with Crippen molar-refractivity contribution in [2.24, 2.45) is 0 Å². The molecular formula is C19H16F2O2. The van der Waals surface area contributed by atoms with Crippen LogP contribution < -0.4 is 9.47 Å². The minimum absolute atomic E-state index is 0.205. The summed E-state index contributed by atoms with van der Waals surface area (Å²) in [5.74, 6) is -0.549. The van der Waals surface area contributed by atoms with Crippen molar-refractivity contribution >= 4 is 10.8 Å². The van der Waals surface area contributed by atoms with Gasteiger partial charge >= 0.3 is 0 Å². The topological polar surface area (TPSA) is 18.5 Å². The van der Waals surface area contributed by atoms with Gasteiger partial charge in [-0.05, 0) is 48.2 Å². The highest BCUT2D eigenvalue weighted by atomic mass is 19.2. The Bertz CT molecular complexity index is 842. The predicted octanol–water partition coefficient (Wildman–Crippen LogP) is 5.19. The van der Waals surface area contributed by atoms with Gasteiger partial charge in [-0.15, -0.1) is 0 Å². The van der Waals surface area contributed by atoms with Crippen LogP contribution in [0.2, 0.25) is 0 Å². The van der Waals surface area contributed by atoms with Crippen molar-refractivity contribution < 1.29 is 18.3 Å². The highest BCUT2D eigenvalue weighted by Crippen LogP contribution is 2.33. The maximum Gasteiger partial charge on any atom is 0.167 e. The molecule has 0 aliphatic heterocycles. The molecule has 3 rings (SSSR count). The lowest BCUT2D eigenvalue weighted by molar-refractivity contribution is 0.340. The first-order chi connectivity index (χ1) is 11.1. The van der Waals surface area contributed by atoms with E-state index >= 15 is 0 Å². The molecule has 2 nitrogen and oxygen atoms in total. The first-order valence-electron chi connectivity index (χ1n) is 7.33. The Morgan fingerprint density at radius 3 is 2.22 bits per heavy atom. The molecule has 0 heterocycles. The molecule has 0 spiro atoms. The largest absolute Gasteiger partial charge is 0.497 e. The van der Waals surface area contributed by atoms with Crippen LogP contribution in [0.5, 0.6) is 11.5 Å². The van der Waals surface area contributed by atoms with Crippen molar-refractivity contribution in [3.05, 3.63) is 60.2 Å². The molecule has 0 N–H and O–H groups in total. The third-order valence-electron chi connectivity index (χ3n) is 3.70. The van der Waals surface area contributed by atoms with E-state index in [0.29, 0.717) is 29.1 Å². The number of fused-ring (bicyclic) bond motifs is 1. The summed E-state index contributed by atoms with van der Waals surface area (Å²) >= 11 is 0. The molecular weight excluding hydrogens is 298 g/mol. The number of ether oxygens (including phenoxy) is 2. The van der Waals surface area contributed by atoms with Crippen molar-refractivity contribution in [2.75, 3.05) is 13.7 Å². The molecule has 0 amide bonds. The van der Waals surface area contributed by atoms with Crippen LogP contribution in [0, 0.1) is 11.6 Å². The average Bonchev–Trinajstić information content (AvgIpc) is 2.59. The second-order valence-corrected chi connectivity index (χ2v) is 5.10. The SMILES string of the molecule is CCOc1ccc(-c2cc3ccc(OC)cc3c(F)c2F)cc1. The molecule has 23 heavy (non-hydrogen) atoms. The molecule has 118 valence electrons. The summed E-state index contributed by atoms with van der Waals surface area (Å²) in [6, 6.07) is 13.5. The number of hydrogen-bond donors (Lipinski definition) is 0. The van der Waals surface area contributed by atoms with Crippen molar-refractivity contribution in [3.8, 4) is 22.6 Å². The van der Waals surface area contributed by atoms with Crippen LogP contribution in [-0.2, 0) is 0 Å². The highest BCUT2D eigenvalue weighted by molar-refractivity contribution is 5.89. The van der Waals surface area contributed by atoms with Crippen LogP contribution in [0.4, 0.5) is 8.78 Å². The summed E-state index contributed by atoms with van der Waals surface area (Å²) < 4.78 is 39.3. The molecule has 3 aromatic rings. The fraction of sp³-hybridized carbons (Fsp3) is 0.158. The lowest BCUT2D eigenvalue weighted by atomic mass is 9.99. The Balaban J connectivity index is 2.12. The van der Waals surface area contributed by atoms with Gasteiger partial charge in [0, 0.05) is 10.9 Å². The van der Waals surface area contributed by atoms with Gasteiger partial charge in [0.2, 0.25) is 0 Å². The van der Waals surface area contributed by atoms with E-state index in [0.717, 1.165) is 0 Å². The van der Waals surface area contributed by atoms with E-state index in [9.17, 15) is 8.78 Å². The monoisotopic (exact) mass is 314 g/mol. The Morgan fingerprint density at radius 2 is 1.57 bits per heavy atom. The highest BCUT2D eigenvalue weighted by Gasteiger charge is 2.15. The van der Waals surface area contributed by atoms with Gasteiger partial charge < -0.3 is 9.47 Å². The van der Waals surface area contributed by atoms with E-state index in [1.165, 1.54) is 13.2 Å². The summed E-state index contributed by atoms with van der Waals surface area (Å²) in [6.45, 7) is 2.45. The summed E-state index contributed by atoms with van der Waals surface area (Å²) in [7, 11) is 1.49. The lowest BCUT2D eigenvalue weighted by Gasteiger charge is -2.10. The van der Waals surface area contributed by atoms with Gasteiger partial charge in [0.1, 0.15) is 11.5 Å². The van der Waals surface area contributed by atoms with Crippen LogP contribution in [0.1, 0.15) is 6.92 Å². The predicted molar refractivity (Wildman–Crippen MR) is 87.0 cm³/mol. The third kappa shape index (κ3) is 2.84. The summed E-state index contributed by atoms with van der Waals surface area (Å²) in [4.78, 5) is 0. The molecule has 0 aliphatic carbocycles. The minimum atomic E-state index is -0.870. The molecule has 3 aromatic carbocycles. The standard InChI is InChI=1S/C19H16F2O2/c1-3-23-14-7-4-12(5-8-14)16-10-13-6-9-15(22-2)11-17(13)19(21)18(16)20/h4-11H,3H2,1-2H3. The Labute approximate surface area is 133 Å². The van der Waals surface area contributed by atoms with E-state index in [1.807, 2.05) is 6.92 Å². The normalized spacial score (nSPS) is 10.8. The minimum Gasteiger partial charge on any atom is -0.497 e. The third-order valence-corrected chi connectivity index (χ3v) is 3.70. The van der Waals surface area contributed by atoms with E-state index < -0.39 is 11.6 Å². The zero-order chi connectivity index (χ0) is 16.4. The number of hydrogen-bond acceptors (Lipinski definition) is 2. The maximum atomic E-state index is 14.5. The molecule has 0 radical (unpaired) electrons. The summed E-state index contributed by atoms with van der Waals surface area (Å²) in [5, 5.41) is 0.824. The molecule has 0 aromatic heterocycles. The van der Waals surface area contributed by atoms with E-state index in [1.54, 1.807) is 42.5 Å². The van der Waals surface area contributed by atoms with Gasteiger partial charge in [-0.25, -0.2) is 8.78 Å². The molecule has 4 heteroatoms. The Kier molecular flexibility index (Phi) is 4.15. The van der Waals surface area contributed by atoms with Crippen LogP contribution in [0.25, 0.3) is 21.9 Å². The van der Waals surface area contributed by atoms with Gasteiger partial charge in [0.25, 0.3) is 0 Å². The Morgan fingerprint density at radius 1 is 0.870 bits per heavy atom. The average molecular weight is 314 g/mol. The number of methoxy groups -OCH3 is 1. The first kappa shape index (κ1) is 15.3.